The Balaban J connectivity index is 2.28. The second kappa shape index (κ2) is 9.83. The van der Waals surface area contributed by atoms with Gasteiger partial charge in [-0.05, 0) is 45.1 Å². The van der Waals surface area contributed by atoms with Gasteiger partial charge in [0.1, 0.15) is 5.56 Å². The first-order chi connectivity index (χ1) is 12.9. The number of ketones is 1. The van der Waals surface area contributed by atoms with Crippen LogP contribution in [0.2, 0.25) is 0 Å². The number of carbonyl (C=O) groups is 2. The van der Waals surface area contributed by atoms with Gasteiger partial charge in [-0.15, -0.1) is 0 Å². The summed E-state index contributed by atoms with van der Waals surface area (Å²) in [6.07, 6.45) is 3.65. The standard InChI is InChI=1S/C21H27N3O3/c1-22-20(26)18-13-17(19(25)11-7-8-12-23(2)3)15-24(21(18)27)14-16-9-5-4-6-10-16/h4-6,9-10,13,15H,7-8,11-12,14H2,1-3H3,(H,22,26). The number of pyridine rings is 1. The fourth-order valence-electron chi connectivity index (χ4n) is 2.84. The molecular weight excluding hydrogens is 342 g/mol. The maximum absolute atomic E-state index is 12.7. The van der Waals surface area contributed by atoms with E-state index in [2.05, 4.69) is 10.2 Å². The van der Waals surface area contributed by atoms with Crippen molar-refractivity contribution in [1.29, 1.82) is 0 Å². The van der Waals surface area contributed by atoms with E-state index in [1.165, 1.54) is 17.7 Å². The first kappa shape index (κ1) is 20.6. The second-order valence-electron chi connectivity index (χ2n) is 6.82. The van der Waals surface area contributed by atoms with Gasteiger partial charge in [0.15, 0.2) is 5.78 Å². The molecule has 1 aromatic heterocycles. The summed E-state index contributed by atoms with van der Waals surface area (Å²) in [6.45, 7) is 1.23. The number of hydrogen-bond acceptors (Lipinski definition) is 4. The molecule has 0 unspecified atom stereocenters. The van der Waals surface area contributed by atoms with Gasteiger partial charge in [0, 0.05) is 25.2 Å². The van der Waals surface area contributed by atoms with Crippen LogP contribution in [0.1, 0.15) is 45.5 Å². The van der Waals surface area contributed by atoms with Crippen LogP contribution in [0.25, 0.3) is 0 Å². The van der Waals surface area contributed by atoms with Gasteiger partial charge in [-0.1, -0.05) is 30.3 Å². The van der Waals surface area contributed by atoms with Crippen LogP contribution in [0.5, 0.6) is 0 Å². The Labute approximate surface area is 159 Å². The summed E-state index contributed by atoms with van der Waals surface area (Å²) in [6, 6.07) is 10.9. The number of aromatic nitrogens is 1. The molecule has 2 rings (SSSR count). The van der Waals surface area contributed by atoms with Crippen molar-refractivity contribution in [3.8, 4) is 0 Å². The zero-order valence-corrected chi connectivity index (χ0v) is 16.2. The van der Waals surface area contributed by atoms with Crippen LogP contribution in [-0.4, -0.2) is 48.8 Å². The first-order valence-corrected chi connectivity index (χ1v) is 9.10. The molecule has 1 aromatic carbocycles. The highest BCUT2D eigenvalue weighted by Gasteiger charge is 2.16. The van der Waals surface area contributed by atoms with Crippen molar-refractivity contribution in [3.05, 3.63) is 69.6 Å². The van der Waals surface area contributed by atoms with Crippen LogP contribution < -0.4 is 10.9 Å². The maximum atomic E-state index is 12.7. The molecule has 0 aliphatic carbocycles. The third-order valence-corrected chi connectivity index (χ3v) is 4.33. The first-order valence-electron chi connectivity index (χ1n) is 9.10. The Morgan fingerprint density at radius 2 is 1.81 bits per heavy atom. The molecule has 0 saturated carbocycles. The third-order valence-electron chi connectivity index (χ3n) is 4.33. The zero-order valence-electron chi connectivity index (χ0n) is 16.2. The molecule has 0 atom stereocenters. The molecule has 2 aromatic rings. The van der Waals surface area contributed by atoms with Gasteiger partial charge in [-0.3, -0.25) is 14.4 Å². The van der Waals surface area contributed by atoms with Crippen molar-refractivity contribution < 1.29 is 9.59 Å². The van der Waals surface area contributed by atoms with Gasteiger partial charge in [0.25, 0.3) is 11.5 Å². The number of amides is 1. The molecule has 0 aliphatic heterocycles. The predicted octanol–water partition coefficient (Wildman–Crippen LogP) is 2.17. The second-order valence-corrected chi connectivity index (χ2v) is 6.82. The molecule has 27 heavy (non-hydrogen) atoms. The van der Waals surface area contributed by atoms with Gasteiger partial charge in [-0.2, -0.15) is 0 Å². The Bertz CT molecular complexity index is 841. The van der Waals surface area contributed by atoms with E-state index < -0.39 is 11.5 Å². The molecule has 1 heterocycles. The van der Waals surface area contributed by atoms with E-state index in [0.717, 1.165) is 24.9 Å². The van der Waals surface area contributed by atoms with Crippen LogP contribution in [0, 0.1) is 0 Å². The summed E-state index contributed by atoms with van der Waals surface area (Å²) in [5.74, 6) is -0.537. The van der Waals surface area contributed by atoms with Crippen molar-refractivity contribution in [1.82, 2.24) is 14.8 Å². The summed E-state index contributed by atoms with van der Waals surface area (Å²) < 4.78 is 1.44. The van der Waals surface area contributed by atoms with Crippen molar-refractivity contribution in [3.63, 3.8) is 0 Å². The summed E-state index contributed by atoms with van der Waals surface area (Å²) in [5, 5.41) is 2.48. The Hall–Kier alpha value is -2.73. The van der Waals surface area contributed by atoms with E-state index in [-0.39, 0.29) is 11.3 Å². The highest BCUT2D eigenvalue weighted by atomic mass is 16.2. The zero-order chi connectivity index (χ0) is 19.8. The molecule has 0 radical (unpaired) electrons. The van der Waals surface area contributed by atoms with Crippen LogP contribution in [0.15, 0.2) is 47.4 Å². The highest BCUT2D eigenvalue weighted by molar-refractivity contribution is 6.00. The average Bonchev–Trinajstić information content (AvgIpc) is 2.66. The molecule has 144 valence electrons. The molecular formula is C21H27N3O3. The lowest BCUT2D eigenvalue weighted by atomic mass is 10.0. The van der Waals surface area contributed by atoms with Gasteiger partial charge in [-0.25, -0.2) is 0 Å². The van der Waals surface area contributed by atoms with Crippen molar-refractivity contribution in [2.45, 2.75) is 25.8 Å². The number of rotatable bonds is 9. The van der Waals surface area contributed by atoms with E-state index in [9.17, 15) is 14.4 Å². The van der Waals surface area contributed by atoms with E-state index in [0.29, 0.717) is 18.5 Å². The third kappa shape index (κ3) is 5.89. The molecule has 0 saturated heterocycles. The lowest BCUT2D eigenvalue weighted by Crippen LogP contribution is -2.32. The molecule has 0 aliphatic rings. The van der Waals surface area contributed by atoms with Gasteiger partial charge < -0.3 is 14.8 Å². The lowest BCUT2D eigenvalue weighted by molar-refractivity contribution is 0.0961. The molecule has 0 spiro atoms. The SMILES string of the molecule is CNC(=O)c1cc(C(=O)CCCCN(C)C)cn(Cc2ccccc2)c1=O. The summed E-state index contributed by atoms with van der Waals surface area (Å²) in [4.78, 5) is 39.5. The minimum absolute atomic E-state index is 0.00688. The monoisotopic (exact) mass is 369 g/mol. The minimum Gasteiger partial charge on any atom is -0.355 e. The number of Topliss-reactive ketones (excluding diaryl/α,β-unsaturated/α-hetero) is 1. The average molecular weight is 369 g/mol. The van der Waals surface area contributed by atoms with Crippen LogP contribution >= 0.6 is 0 Å². The molecule has 1 amide bonds. The van der Waals surface area contributed by atoms with E-state index in [1.807, 2.05) is 44.4 Å². The van der Waals surface area contributed by atoms with Gasteiger partial charge >= 0.3 is 0 Å². The van der Waals surface area contributed by atoms with Crippen LogP contribution in [0.3, 0.4) is 0 Å². The fourth-order valence-corrected chi connectivity index (χ4v) is 2.84. The Morgan fingerprint density at radius 3 is 2.44 bits per heavy atom. The summed E-state index contributed by atoms with van der Waals surface area (Å²) >= 11 is 0. The number of carbonyl (C=O) groups excluding carboxylic acids is 2. The fraction of sp³-hybridized carbons (Fsp3) is 0.381. The number of nitrogens with zero attached hydrogens (tertiary/aromatic N) is 2. The quantitative estimate of drug-likeness (QED) is 0.543. The van der Waals surface area contributed by atoms with E-state index in [1.54, 1.807) is 6.20 Å². The van der Waals surface area contributed by atoms with E-state index >= 15 is 0 Å². The van der Waals surface area contributed by atoms with E-state index in [4.69, 9.17) is 0 Å². The van der Waals surface area contributed by atoms with Crippen molar-refractivity contribution >= 4 is 11.7 Å². The lowest BCUT2D eigenvalue weighted by Gasteiger charge is -2.12. The van der Waals surface area contributed by atoms with Crippen LogP contribution in [0.4, 0.5) is 0 Å². The molecule has 6 heteroatoms. The molecule has 0 bridgehead atoms. The minimum atomic E-state index is -0.482. The number of hydrogen-bond donors (Lipinski definition) is 1. The largest absolute Gasteiger partial charge is 0.355 e. The van der Waals surface area contributed by atoms with Crippen molar-refractivity contribution in [2.24, 2.45) is 0 Å². The van der Waals surface area contributed by atoms with Crippen LogP contribution in [-0.2, 0) is 6.54 Å². The molecule has 6 nitrogen and oxygen atoms in total. The number of nitrogens with one attached hydrogen (secondary N) is 1. The van der Waals surface area contributed by atoms with Crippen molar-refractivity contribution in [2.75, 3.05) is 27.7 Å². The van der Waals surface area contributed by atoms with Gasteiger partial charge in [0.05, 0.1) is 6.54 Å². The number of unbranched alkanes of at least 4 members (excludes halogenated alkanes) is 1. The summed E-state index contributed by atoms with van der Waals surface area (Å²) in [7, 11) is 5.47. The maximum Gasteiger partial charge on any atom is 0.263 e. The molecule has 0 fully saturated rings. The highest BCUT2D eigenvalue weighted by Crippen LogP contribution is 2.10. The van der Waals surface area contributed by atoms with Gasteiger partial charge in [0.2, 0.25) is 0 Å². The Kier molecular flexibility index (Phi) is 7.49. The number of benzene rings is 1. The predicted molar refractivity (Wildman–Crippen MR) is 106 cm³/mol. The molecule has 1 N–H and O–H groups in total. The summed E-state index contributed by atoms with van der Waals surface area (Å²) in [5.41, 5.74) is 0.918. The normalized spacial score (nSPS) is 10.8. The smallest absolute Gasteiger partial charge is 0.263 e. The Morgan fingerprint density at radius 1 is 1.11 bits per heavy atom. The topological polar surface area (TPSA) is 71.4 Å².